The second kappa shape index (κ2) is 4.88. The third kappa shape index (κ3) is 2.67. The minimum absolute atomic E-state index is 0.00594. The molecule has 1 aromatic heterocycles. The smallest absolute Gasteiger partial charge is 0.251 e. The molecule has 1 aromatic carbocycles. The van der Waals surface area contributed by atoms with Crippen molar-refractivity contribution in [3.05, 3.63) is 48.3 Å². The van der Waals surface area contributed by atoms with Gasteiger partial charge in [-0.15, -0.1) is 0 Å². The Bertz CT molecular complexity index is 556. The van der Waals surface area contributed by atoms with Gasteiger partial charge >= 0.3 is 0 Å². The molecule has 1 saturated carbocycles. The molecule has 0 spiro atoms. The van der Waals surface area contributed by atoms with E-state index in [0.717, 1.165) is 5.69 Å². The molecule has 2 aromatic rings. The van der Waals surface area contributed by atoms with Crippen LogP contribution in [0.2, 0.25) is 0 Å². The van der Waals surface area contributed by atoms with Crippen molar-refractivity contribution in [2.75, 3.05) is 0 Å². The number of benzene rings is 1. The highest BCUT2D eigenvalue weighted by Gasteiger charge is 2.28. The molecular weight excluding hydrogens is 238 g/mol. The predicted octanol–water partition coefficient (Wildman–Crippen LogP) is 2.40. The van der Waals surface area contributed by atoms with E-state index in [0.29, 0.717) is 11.5 Å². The molecule has 98 valence electrons. The summed E-state index contributed by atoms with van der Waals surface area (Å²) < 4.78 is 1.77. The Labute approximate surface area is 112 Å². The van der Waals surface area contributed by atoms with E-state index in [-0.39, 0.29) is 11.9 Å². The standard InChI is InChI=1S/C15H17N3O/c1-11(12-3-4-12)17-15(19)13-5-7-14(8-6-13)18-10-2-9-16-18/h2,5-12H,3-4H2,1H3,(H,17,19)/t11-/m0/s1. The fourth-order valence-corrected chi connectivity index (χ4v) is 2.19. The summed E-state index contributed by atoms with van der Waals surface area (Å²) in [5.41, 5.74) is 1.65. The van der Waals surface area contributed by atoms with Gasteiger partial charge < -0.3 is 5.32 Å². The Kier molecular flexibility index (Phi) is 3.07. The Morgan fingerprint density at radius 1 is 1.37 bits per heavy atom. The van der Waals surface area contributed by atoms with Crippen molar-refractivity contribution in [3.63, 3.8) is 0 Å². The maximum absolute atomic E-state index is 12.1. The molecule has 0 radical (unpaired) electrons. The van der Waals surface area contributed by atoms with Gasteiger partial charge in [0, 0.05) is 24.0 Å². The molecule has 19 heavy (non-hydrogen) atoms. The van der Waals surface area contributed by atoms with Crippen molar-refractivity contribution < 1.29 is 4.79 Å². The molecule has 0 saturated heterocycles. The van der Waals surface area contributed by atoms with Gasteiger partial charge in [-0.1, -0.05) is 0 Å². The molecule has 1 fully saturated rings. The number of carbonyl (C=O) groups excluding carboxylic acids is 1. The summed E-state index contributed by atoms with van der Waals surface area (Å²) in [6.07, 6.45) is 6.08. The maximum atomic E-state index is 12.1. The summed E-state index contributed by atoms with van der Waals surface area (Å²) in [4.78, 5) is 12.1. The summed E-state index contributed by atoms with van der Waals surface area (Å²) in [5.74, 6) is 0.679. The van der Waals surface area contributed by atoms with E-state index in [9.17, 15) is 4.79 Å². The van der Waals surface area contributed by atoms with Gasteiger partial charge in [0.05, 0.1) is 5.69 Å². The van der Waals surface area contributed by atoms with E-state index in [4.69, 9.17) is 0 Å². The second-order valence-electron chi connectivity index (χ2n) is 5.10. The molecule has 4 nitrogen and oxygen atoms in total. The van der Waals surface area contributed by atoms with Gasteiger partial charge in [0.25, 0.3) is 5.91 Å². The first kappa shape index (κ1) is 12.0. The molecule has 3 rings (SSSR count). The van der Waals surface area contributed by atoms with Gasteiger partial charge in [0.2, 0.25) is 0 Å². The highest BCUT2D eigenvalue weighted by atomic mass is 16.1. The van der Waals surface area contributed by atoms with Gasteiger partial charge in [-0.3, -0.25) is 4.79 Å². The largest absolute Gasteiger partial charge is 0.349 e. The van der Waals surface area contributed by atoms with E-state index in [1.807, 2.05) is 36.5 Å². The number of nitrogens with one attached hydrogen (secondary N) is 1. The summed E-state index contributed by atoms with van der Waals surface area (Å²) in [6, 6.07) is 9.64. The lowest BCUT2D eigenvalue weighted by atomic mass is 10.1. The van der Waals surface area contributed by atoms with Crippen molar-refractivity contribution in [2.24, 2.45) is 5.92 Å². The van der Waals surface area contributed by atoms with Crippen LogP contribution in [0.4, 0.5) is 0 Å². The summed E-state index contributed by atoms with van der Waals surface area (Å²) in [7, 11) is 0. The van der Waals surface area contributed by atoms with Crippen molar-refractivity contribution in [2.45, 2.75) is 25.8 Å². The van der Waals surface area contributed by atoms with Gasteiger partial charge in [0.15, 0.2) is 0 Å². The molecule has 1 heterocycles. The van der Waals surface area contributed by atoms with E-state index in [1.165, 1.54) is 12.8 Å². The monoisotopic (exact) mass is 255 g/mol. The van der Waals surface area contributed by atoms with E-state index < -0.39 is 0 Å². The van der Waals surface area contributed by atoms with Crippen LogP contribution in [0.15, 0.2) is 42.7 Å². The Hall–Kier alpha value is -2.10. The molecule has 1 aliphatic carbocycles. The topological polar surface area (TPSA) is 46.9 Å². The van der Waals surface area contributed by atoms with Crippen LogP contribution in [-0.2, 0) is 0 Å². The average Bonchev–Trinajstić information content (AvgIpc) is 3.14. The number of hydrogen-bond donors (Lipinski definition) is 1. The van der Waals surface area contributed by atoms with Crippen molar-refractivity contribution in [3.8, 4) is 5.69 Å². The fourth-order valence-electron chi connectivity index (χ4n) is 2.19. The predicted molar refractivity (Wildman–Crippen MR) is 73.2 cm³/mol. The number of amides is 1. The maximum Gasteiger partial charge on any atom is 0.251 e. The van der Waals surface area contributed by atoms with Crippen molar-refractivity contribution in [1.82, 2.24) is 15.1 Å². The highest BCUT2D eigenvalue weighted by molar-refractivity contribution is 5.94. The van der Waals surface area contributed by atoms with Crippen LogP contribution in [0.3, 0.4) is 0 Å². The van der Waals surface area contributed by atoms with E-state index in [1.54, 1.807) is 10.9 Å². The quantitative estimate of drug-likeness (QED) is 0.912. The third-order valence-electron chi connectivity index (χ3n) is 3.59. The first-order valence-corrected chi connectivity index (χ1v) is 6.65. The van der Waals surface area contributed by atoms with E-state index >= 15 is 0 Å². The van der Waals surface area contributed by atoms with Crippen LogP contribution < -0.4 is 5.32 Å². The third-order valence-corrected chi connectivity index (χ3v) is 3.59. The van der Waals surface area contributed by atoms with Gasteiger partial charge in [-0.05, 0) is 56.0 Å². The van der Waals surface area contributed by atoms with Crippen LogP contribution in [0, 0.1) is 5.92 Å². The summed E-state index contributed by atoms with van der Waals surface area (Å²) in [6.45, 7) is 2.08. The molecule has 0 bridgehead atoms. The minimum atomic E-state index is 0.00594. The zero-order valence-electron chi connectivity index (χ0n) is 10.9. The zero-order chi connectivity index (χ0) is 13.2. The van der Waals surface area contributed by atoms with Crippen LogP contribution >= 0.6 is 0 Å². The van der Waals surface area contributed by atoms with Crippen LogP contribution in [-0.4, -0.2) is 21.7 Å². The minimum Gasteiger partial charge on any atom is -0.349 e. The second-order valence-corrected chi connectivity index (χ2v) is 5.10. The number of rotatable bonds is 4. The van der Waals surface area contributed by atoms with Crippen LogP contribution in [0.5, 0.6) is 0 Å². The summed E-state index contributed by atoms with van der Waals surface area (Å²) >= 11 is 0. The highest BCUT2D eigenvalue weighted by Crippen LogP contribution is 2.32. The Morgan fingerprint density at radius 2 is 2.11 bits per heavy atom. The normalized spacial score (nSPS) is 16.1. The van der Waals surface area contributed by atoms with E-state index in [2.05, 4.69) is 17.3 Å². The van der Waals surface area contributed by atoms with Crippen LogP contribution in [0.1, 0.15) is 30.1 Å². The van der Waals surface area contributed by atoms with Gasteiger partial charge in [-0.25, -0.2) is 4.68 Å². The molecular formula is C15H17N3O. The molecule has 1 N–H and O–H groups in total. The molecule has 1 atom stereocenters. The van der Waals surface area contributed by atoms with Crippen molar-refractivity contribution in [1.29, 1.82) is 0 Å². The zero-order valence-corrected chi connectivity index (χ0v) is 10.9. The van der Waals surface area contributed by atoms with Crippen molar-refractivity contribution >= 4 is 5.91 Å². The molecule has 1 amide bonds. The fraction of sp³-hybridized carbons (Fsp3) is 0.333. The SMILES string of the molecule is C[C@H](NC(=O)c1ccc(-n2cccn2)cc1)C1CC1. The first-order chi connectivity index (χ1) is 9.24. The number of carbonyl (C=O) groups is 1. The Morgan fingerprint density at radius 3 is 2.68 bits per heavy atom. The molecule has 4 heteroatoms. The number of hydrogen-bond acceptors (Lipinski definition) is 2. The molecule has 0 aliphatic heterocycles. The average molecular weight is 255 g/mol. The lowest BCUT2D eigenvalue weighted by Crippen LogP contribution is -2.33. The van der Waals surface area contributed by atoms with Crippen LogP contribution in [0.25, 0.3) is 5.69 Å². The molecule has 1 aliphatic rings. The lowest BCUT2D eigenvalue weighted by Gasteiger charge is -2.12. The molecule has 0 unspecified atom stereocenters. The Balaban J connectivity index is 1.69. The first-order valence-electron chi connectivity index (χ1n) is 6.65. The van der Waals surface area contributed by atoms with Gasteiger partial charge in [-0.2, -0.15) is 5.10 Å². The lowest BCUT2D eigenvalue weighted by molar-refractivity contribution is 0.0936. The summed E-state index contributed by atoms with van der Waals surface area (Å²) in [5, 5.41) is 7.21. The van der Waals surface area contributed by atoms with Gasteiger partial charge in [0.1, 0.15) is 0 Å². The number of nitrogens with zero attached hydrogens (tertiary/aromatic N) is 2. The number of aromatic nitrogens is 2.